The molecule has 0 radical (unpaired) electrons. The lowest BCUT2D eigenvalue weighted by molar-refractivity contribution is -0.141. The highest BCUT2D eigenvalue weighted by Gasteiger charge is 2.37. The standard InChI is InChI=1S/C22H25F3N6O3/c1-15-11-28-30(12-15)14-20(32)31-7-6-29(13-19(31)21(33)27-5-8-34-2)17-4-3-16(10-26)18(9-17)22(23,24)25/h3-4,9,11-12,19H,5-8,13-14H2,1-2H3,(H,27,33). The number of hydrogen-bond acceptors (Lipinski definition) is 6. The van der Waals surface area contributed by atoms with Crippen LogP contribution in [-0.4, -0.2) is 72.4 Å². The van der Waals surface area contributed by atoms with Crippen LogP contribution < -0.4 is 10.2 Å². The molecule has 3 rings (SSSR count). The average molecular weight is 478 g/mol. The molecule has 2 heterocycles. The number of aryl methyl sites for hydroxylation is 1. The van der Waals surface area contributed by atoms with Crippen molar-refractivity contribution in [2.45, 2.75) is 25.7 Å². The van der Waals surface area contributed by atoms with Gasteiger partial charge in [0.2, 0.25) is 11.8 Å². The molecule has 1 saturated heterocycles. The lowest BCUT2D eigenvalue weighted by Crippen LogP contribution is -2.61. The average Bonchev–Trinajstić information content (AvgIpc) is 3.22. The Morgan fingerprint density at radius 2 is 2.09 bits per heavy atom. The summed E-state index contributed by atoms with van der Waals surface area (Å²) in [5.74, 6) is -0.762. The monoisotopic (exact) mass is 478 g/mol. The third kappa shape index (κ3) is 5.85. The van der Waals surface area contributed by atoms with Crippen LogP contribution in [0, 0.1) is 18.3 Å². The number of nitrogens with zero attached hydrogens (tertiary/aromatic N) is 5. The summed E-state index contributed by atoms with van der Waals surface area (Å²) in [5.41, 5.74) is -0.418. The van der Waals surface area contributed by atoms with Crippen molar-refractivity contribution in [2.75, 3.05) is 44.8 Å². The van der Waals surface area contributed by atoms with Crippen LogP contribution in [0.1, 0.15) is 16.7 Å². The van der Waals surface area contributed by atoms with E-state index in [0.717, 1.165) is 17.7 Å². The molecule has 182 valence electrons. The Bertz CT molecular complexity index is 1080. The highest BCUT2D eigenvalue weighted by atomic mass is 19.4. The number of halogens is 3. The molecule has 1 atom stereocenters. The van der Waals surface area contributed by atoms with E-state index in [1.54, 1.807) is 23.4 Å². The van der Waals surface area contributed by atoms with Gasteiger partial charge in [-0.25, -0.2) is 0 Å². The Balaban J connectivity index is 1.84. The molecule has 0 aliphatic carbocycles. The number of alkyl halides is 3. The van der Waals surface area contributed by atoms with E-state index >= 15 is 0 Å². The Kier molecular flexibility index (Phi) is 7.78. The number of carbonyl (C=O) groups excluding carboxylic acids is 2. The van der Waals surface area contributed by atoms with Crippen LogP contribution in [0.5, 0.6) is 0 Å². The van der Waals surface area contributed by atoms with E-state index in [9.17, 15) is 22.8 Å². The van der Waals surface area contributed by atoms with Crippen LogP contribution in [0.3, 0.4) is 0 Å². The van der Waals surface area contributed by atoms with Crippen LogP contribution in [0.25, 0.3) is 0 Å². The number of nitrogens with one attached hydrogen (secondary N) is 1. The van der Waals surface area contributed by atoms with Crippen molar-refractivity contribution in [1.29, 1.82) is 5.26 Å². The fourth-order valence-corrected chi connectivity index (χ4v) is 3.78. The summed E-state index contributed by atoms with van der Waals surface area (Å²) < 4.78 is 46.7. The minimum atomic E-state index is -4.70. The molecule has 1 aliphatic heterocycles. The van der Waals surface area contributed by atoms with E-state index in [-0.39, 0.29) is 50.9 Å². The summed E-state index contributed by atoms with van der Waals surface area (Å²) in [6.07, 6.45) is -1.38. The van der Waals surface area contributed by atoms with Crippen LogP contribution in [0.15, 0.2) is 30.6 Å². The van der Waals surface area contributed by atoms with E-state index < -0.39 is 29.3 Å². The van der Waals surface area contributed by atoms with Gasteiger partial charge in [-0.3, -0.25) is 14.3 Å². The van der Waals surface area contributed by atoms with Gasteiger partial charge < -0.3 is 19.9 Å². The molecule has 2 amide bonds. The summed E-state index contributed by atoms with van der Waals surface area (Å²) >= 11 is 0. The first kappa shape index (κ1) is 25.0. The van der Waals surface area contributed by atoms with Gasteiger partial charge in [-0.15, -0.1) is 0 Å². The molecule has 0 spiro atoms. The summed E-state index contributed by atoms with van der Waals surface area (Å²) in [7, 11) is 1.49. The van der Waals surface area contributed by atoms with Crippen molar-refractivity contribution >= 4 is 17.5 Å². The third-order valence-electron chi connectivity index (χ3n) is 5.46. The molecule has 1 fully saturated rings. The molecule has 0 bridgehead atoms. The summed E-state index contributed by atoms with van der Waals surface area (Å²) in [6, 6.07) is 4.06. The van der Waals surface area contributed by atoms with Gasteiger partial charge in [0.05, 0.1) is 30.0 Å². The number of methoxy groups -OCH3 is 1. The van der Waals surface area contributed by atoms with Crippen molar-refractivity contribution in [3.8, 4) is 6.07 Å². The number of piperazine rings is 1. The van der Waals surface area contributed by atoms with E-state index in [1.165, 1.54) is 22.8 Å². The van der Waals surface area contributed by atoms with E-state index in [0.29, 0.717) is 0 Å². The number of hydrogen-bond donors (Lipinski definition) is 1. The molecule has 12 heteroatoms. The van der Waals surface area contributed by atoms with Crippen molar-refractivity contribution in [3.05, 3.63) is 47.3 Å². The molecule has 34 heavy (non-hydrogen) atoms. The summed E-state index contributed by atoms with van der Waals surface area (Å²) in [6.45, 7) is 2.61. The van der Waals surface area contributed by atoms with Gasteiger partial charge >= 0.3 is 6.18 Å². The Labute approximate surface area is 194 Å². The number of benzene rings is 1. The number of rotatable bonds is 7. The first-order valence-corrected chi connectivity index (χ1v) is 10.6. The second-order valence-corrected chi connectivity index (χ2v) is 7.89. The Morgan fingerprint density at radius 3 is 2.71 bits per heavy atom. The number of carbonyl (C=O) groups is 2. The molecule has 1 aromatic heterocycles. The van der Waals surface area contributed by atoms with Gasteiger partial charge in [-0.1, -0.05) is 0 Å². The quantitative estimate of drug-likeness (QED) is 0.606. The van der Waals surface area contributed by atoms with Crippen molar-refractivity contribution < 1.29 is 27.5 Å². The third-order valence-corrected chi connectivity index (χ3v) is 5.46. The molecule has 1 aliphatic rings. The van der Waals surface area contributed by atoms with Crippen LogP contribution >= 0.6 is 0 Å². The number of anilines is 1. The minimum absolute atomic E-state index is 0.00805. The van der Waals surface area contributed by atoms with Gasteiger partial charge in [-0.2, -0.15) is 23.5 Å². The number of ether oxygens (including phenoxy) is 1. The van der Waals surface area contributed by atoms with Crippen molar-refractivity contribution in [1.82, 2.24) is 20.0 Å². The van der Waals surface area contributed by atoms with E-state index in [1.807, 2.05) is 6.92 Å². The minimum Gasteiger partial charge on any atom is -0.383 e. The number of aromatic nitrogens is 2. The summed E-state index contributed by atoms with van der Waals surface area (Å²) in [5, 5.41) is 15.8. The second kappa shape index (κ2) is 10.6. The number of nitriles is 1. The highest BCUT2D eigenvalue weighted by Crippen LogP contribution is 2.35. The molecule has 1 N–H and O–H groups in total. The normalized spacial score (nSPS) is 16.3. The van der Waals surface area contributed by atoms with Crippen molar-refractivity contribution in [3.63, 3.8) is 0 Å². The van der Waals surface area contributed by atoms with Crippen molar-refractivity contribution in [2.24, 2.45) is 0 Å². The lowest BCUT2D eigenvalue weighted by atomic mass is 10.0. The largest absolute Gasteiger partial charge is 0.417 e. The van der Waals surface area contributed by atoms with E-state index in [2.05, 4.69) is 10.4 Å². The maximum absolute atomic E-state index is 13.4. The lowest BCUT2D eigenvalue weighted by Gasteiger charge is -2.41. The first-order valence-electron chi connectivity index (χ1n) is 10.6. The van der Waals surface area contributed by atoms with Gasteiger partial charge in [0.25, 0.3) is 0 Å². The van der Waals surface area contributed by atoms with E-state index in [4.69, 9.17) is 10.00 Å². The fraction of sp³-hybridized carbons (Fsp3) is 0.455. The molecule has 0 saturated carbocycles. The zero-order valence-corrected chi connectivity index (χ0v) is 18.8. The Hall–Kier alpha value is -3.59. The van der Waals surface area contributed by atoms with Crippen LogP contribution in [-0.2, 0) is 27.0 Å². The molecule has 9 nitrogen and oxygen atoms in total. The topological polar surface area (TPSA) is 103 Å². The van der Waals surface area contributed by atoms with Crippen LogP contribution in [0.4, 0.5) is 18.9 Å². The zero-order chi connectivity index (χ0) is 24.9. The predicted molar refractivity (Wildman–Crippen MR) is 116 cm³/mol. The molecule has 1 unspecified atom stereocenters. The SMILES string of the molecule is COCCNC(=O)C1CN(c2ccc(C#N)c(C(F)(F)F)c2)CCN1C(=O)Cn1cc(C)cn1. The zero-order valence-electron chi connectivity index (χ0n) is 18.8. The molecule has 1 aromatic carbocycles. The van der Waals surface area contributed by atoms with Gasteiger partial charge in [-0.05, 0) is 30.7 Å². The van der Waals surface area contributed by atoms with Crippen LogP contribution in [0.2, 0.25) is 0 Å². The maximum atomic E-state index is 13.4. The first-order chi connectivity index (χ1) is 16.1. The molecule has 2 aromatic rings. The van der Waals surface area contributed by atoms with Gasteiger partial charge in [0, 0.05) is 45.2 Å². The molecular weight excluding hydrogens is 453 g/mol. The van der Waals surface area contributed by atoms with Gasteiger partial charge in [0.15, 0.2) is 0 Å². The number of amides is 2. The smallest absolute Gasteiger partial charge is 0.383 e. The Morgan fingerprint density at radius 1 is 1.32 bits per heavy atom. The van der Waals surface area contributed by atoms with Gasteiger partial charge in [0.1, 0.15) is 12.6 Å². The summed E-state index contributed by atoms with van der Waals surface area (Å²) in [4.78, 5) is 28.9. The fourth-order valence-electron chi connectivity index (χ4n) is 3.78. The maximum Gasteiger partial charge on any atom is 0.417 e. The second-order valence-electron chi connectivity index (χ2n) is 7.89. The highest BCUT2D eigenvalue weighted by molar-refractivity contribution is 5.88. The molecular formula is C22H25F3N6O3. The predicted octanol–water partition coefficient (Wildman–Crippen LogP) is 1.56.